The maximum Gasteiger partial charge on any atom is 0.416 e. The summed E-state index contributed by atoms with van der Waals surface area (Å²) in [5.74, 6) is -1.90. The highest BCUT2D eigenvalue weighted by Crippen LogP contribution is 2.37. The Bertz CT molecular complexity index is 1270. The molecule has 3 aromatic rings. The normalized spacial score (nSPS) is 11.8. The first-order valence-electron chi connectivity index (χ1n) is 11.4. The lowest BCUT2D eigenvalue weighted by Gasteiger charge is -2.17. The smallest absolute Gasteiger partial charge is 0.416 e. The van der Waals surface area contributed by atoms with Crippen LogP contribution in [0.2, 0.25) is 0 Å². The van der Waals surface area contributed by atoms with Crippen molar-refractivity contribution in [3.05, 3.63) is 94.5 Å². The van der Waals surface area contributed by atoms with E-state index in [1.165, 1.54) is 6.07 Å². The van der Waals surface area contributed by atoms with Gasteiger partial charge in [0.05, 0.1) is 24.0 Å². The highest BCUT2D eigenvalue weighted by atomic mass is 19.4. The summed E-state index contributed by atoms with van der Waals surface area (Å²) in [4.78, 5) is 23.1. The Kier molecular flexibility index (Phi) is 9.16. The van der Waals surface area contributed by atoms with Crippen molar-refractivity contribution in [3.63, 3.8) is 0 Å². The number of carboxylic acids is 1. The molecule has 11 heteroatoms. The van der Waals surface area contributed by atoms with E-state index in [0.29, 0.717) is 6.07 Å². The van der Waals surface area contributed by atoms with Crippen LogP contribution in [0.25, 0.3) is 11.1 Å². The average Bonchev–Trinajstić information content (AvgIpc) is 2.84. The third-order valence-corrected chi connectivity index (χ3v) is 5.48. The van der Waals surface area contributed by atoms with Gasteiger partial charge in [0.15, 0.2) is 0 Å². The van der Waals surface area contributed by atoms with E-state index in [0.717, 1.165) is 29.8 Å². The second kappa shape index (κ2) is 12.1. The van der Waals surface area contributed by atoms with Gasteiger partial charge in [0.2, 0.25) is 0 Å². The molecule has 202 valence electrons. The molecule has 0 aliphatic heterocycles. The number of carbonyl (C=O) groups excluding carboxylic acids is 1. The fraction of sp³-hybridized carbons (Fsp3) is 0.259. The largest absolute Gasteiger partial charge is 0.481 e. The van der Waals surface area contributed by atoms with Gasteiger partial charge in [-0.25, -0.2) is 0 Å². The Morgan fingerprint density at radius 2 is 1.50 bits per heavy atom. The number of benzene rings is 3. The van der Waals surface area contributed by atoms with E-state index in [2.05, 4.69) is 5.32 Å². The molecule has 0 atom stereocenters. The molecule has 0 heterocycles. The van der Waals surface area contributed by atoms with Gasteiger partial charge in [-0.2, -0.15) is 26.3 Å². The van der Waals surface area contributed by atoms with Crippen molar-refractivity contribution in [2.45, 2.75) is 38.3 Å². The van der Waals surface area contributed by atoms with Gasteiger partial charge in [-0.15, -0.1) is 0 Å². The first-order valence-corrected chi connectivity index (χ1v) is 11.4. The van der Waals surface area contributed by atoms with E-state index in [4.69, 9.17) is 9.84 Å². The van der Waals surface area contributed by atoms with Crippen molar-refractivity contribution in [2.24, 2.45) is 0 Å². The minimum absolute atomic E-state index is 0.0260. The first-order chi connectivity index (χ1) is 17.8. The van der Waals surface area contributed by atoms with Gasteiger partial charge in [0.25, 0.3) is 0 Å². The van der Waals surface area contributed by atoms with Crippen molar-refractivity contribution >= 4 is 11.9 Å². The number of nitrogens with one attached hydrogen (secondary N) is 1. The molecule has 5 nitrogen and oxygen atoms in total. The zero-order valence-corrected chi connectivity index (χ0v) is 19.8. The molecule has 0 saturated heterocycles. The van der Waals surface area contributed by atoms with Gasteiger partial charge < -0.3 is 15.2 Å². The Labute approximate surface area is 214 Å². The Morgan fingerprint density at radius 1 is 0.816 bits per heavy atom. The number of halogens is 6. The highest BCUT2D eigenvalue weighted by molar-refractivity contribution is 5.74. The summed E-state index contributed by atoms with van der Waals surface area (Å²) in [5, 5.41) is 11.9. The van der Waals surface area contributed by atoms with Crippen molar-refractivity contribution in [2.75, 3.05) is 6.54 Å². The average molecular weight is 539 g/mol. The van der Waals surface area contributed by atoms with E-state index in [1.807, 2.05) is 6.07 Å². The molecule has 0 spiro atoms. The molecule has 3 rings (SSSR count). The van der Waals surface area contributed by atoms with Crippen LogP contribution >= 0.6 is 0 Å². The minimum atomic E-state index is -4.80. The molecular formula is C27H23F6NO4. The van der Waals surface area contributed by atoms with E-state index in [9.17, 15) is 35.9 Å². The van der Waals surface area contributed by atoms with E-state index in [-0.39, 0.29) is 48.4 Å². The second-order valence-corrected chi connectivity index (χ2v) is 8.43. The monoisotopic (exact) mass is 539 g/mol. The molecule has 0 aromatic heterocycles. The standard InChI is InChI=1S/C27H23F6NO4/c28-26(29,30)21-6-7-23(19-10-18(12-24(35)36)11-22(13-19)27(31,32)33)20(14-21)15-34-9-8-25(37)38-16-17-4-2-1-3-5-17/h1-7,10-11,13-14,34H,8-9,12,15-16H2,(H,35,36). The third kappa shape index (κ3) is 8.34. The molecule has 38 heavy (non-hydrogen) atoms. The topological polar surface area (TPSA) is 75.6 Å². The predicted octanol–water partition coefficient (Wildman–Crippen LogP) is 6.24. The summed E-state index contributed by atoms with van der Waals surface area (Å²) in [6, 6.07) is 14.2. The van der Waals surface area contributed by atoms with Gasteiger partial charge >= 0.3 is 24.3 Å². The lowest BCUT2D eigenvalue weighted by molar-refractivity contribution is -0.145. The fourth-order valence-corrected chi connectivity index (χ4v) is 3.71. The van der Waals surface area contributed by atoms with Crippen molar-refractivity contribution in [1.82, 2.24) is 5.32 Å². The van der Waals surface area contributed by atoms with Gasteiger partial charge in [-0.1, -0.05) is 42.5 Å². The number of ether oxygens (including phenoxy) is 1. The van der Waals surface area contributed by atoms with Crippen molar-refractivity contribution in [1.29, 1.82) is 0 Å². The Hall–Kier alpha value is -3.86. The van der Waals surface area contributed by atoms with Crippen LogP contribution in [0, 0.1) is 0 Å². The number of aliphatic carboxylic acids is 1. The zero-order valence-electron chi connectivity index (χ0n) is 19.8. The van der Waals surface area contributed by atoms with Gasteiger partial charge in [0.1, 0.15) is 6.61 Å². The van der Waals surface area contributed by atoms with Crippen LogP contribution in [0.1, 0.15) is 34.2 Å². The lowest BCUT2D eigenvalue weighted by Crippen LogP contribution is -2.20. The van der Waals surface area contributed by atoms with Crippen LogP contribution in [-0.4, -0.2) is 23.6 Å². The summed E-state index contributed by atoms with van der Waals surface area (Å²) in [6.07, 6.45) is -10.3. The number of esters is 1. The third-order valence-electron chi connectivity index (χ3n) is 5.48. The van der Waals surface area contributed by atoms with Crippen molar-refractivity contribution < 1.29 is 45.8 Å². The Morgan fingerprint density at radius 3 is 2.13 bits per heavy atom. The summed E-state index contributed by atoms with van der Waals surface area (Å²) in [6.45, 7) is -0.0996. The molecule has 0 unspecified atom stereocenters. The zero-order chi connectivity index (χ0) is 27.9. The van der Waals surface area contributed by atoms with Crippen LogP contribution in [0.15, 0.2) is 66.7 Å². The van der Waals surface area contributed by atoms with E-state index in [1.54, 1.807) is 24.3 Å². The van der Waals surface area contributed by atoms with Gasteiger partial charge in [-0.05, 0) is 52.1 Å². The van der Waals surface area contributed by atoms with Crippen molar-refractivity contribution in [3.8, 4) is 11.1 Å². The number of rotatable bonds is 10. The number of alkyl halides is 6. The molecule has 0 amide bonds. The Balaban J connectivity index is 1.80. The molecule has 0 aliphatic carbocycles. The SMILES string of the molecule is O=C(O)Cc1cc(-c2ccc(C(F)(F)F)cc2CNCCC(=O)OCc2ccccc2)cc(C(F)(F)F)c1. The second-order valence-electron chi connectivity index (χ2n) is 8.43. The maximum absolute atomic E-state index is 13.5. The molecule has 0 aliphatic rings. The molecule has 2 N–H and O–H groups in total. The van der Waals surface area contributed by atoms with Crippen LogP contribution in [-0.2, 0) is 46.3 Å². The molecule has 3 aromatic carbocycles. The lowest BCUT2D eigenvalue weighted by atomic mass is 9.93. The minimum Gasteiger partial charge on any atom is -0.481 e. The van der Waals surface area contributed by atoms with Gasteiger partial charge in [0, 0.05) is 13.1 Å². The number of carbonyl (C=O) groups is 2. The van der Waals surface area contributed by atoms with Gasteiger partial charge in [-0.3, -0.25) is 9.59 Å². The number of hydrogen-bond acceptors (Lipinski definition) is 4. The number of carboxylic acid groups (broad SMARTS) is 1. The molecule has 0 bridgehead atoms. The number of hydrogen-bond donors (Lipinski definition) is 2. The first kappa shape index (κ1) is 28.7. The van der Waals surface area contributed by atoms with Crippen LogP contribution < -0.4 is 5.32 Å². The van der Waals surface area contributed by atoms with Crippen LogP contribution in [0.5, 0.6) is 0 Å². The summed E-state index contributed by atoms with van der Waals surface area (Å²) in [7, 11) is 0. The predicted molar refractivity (Wildman–Crippen MR) is 126 cm³/mol. The van der Waals surface area contributed by atoms with E-state index < -0.39 is 41.8 Å². The molecular weight excluding hydrogens is 516 g/mol. The van der Waals surface area contributed by atoms with E-state index >= 15 is 0 Å². The molecule has 0 radical (unpaired) electrons. The summed E-state index contributed by atoms with van der Waals surface area (Å²) in [5.41, 5.74) is -1.48. The summed E-state index contributed by atoms with van der Waals surface area (Å²) < 4.78 is 85.6. The maximum atomic E-state index is 13.5. The molecule has 0 fully saturated rings. The highest BCUT2D eigenvalue weighted by Gasteiger charge is 2.33. The quantitative estimate of drug-likeness (QED) is 0.181. The molecule has 0 saturated carbocycles. The van der Waals surface area contributed by atoms with Crippen LogP contribution in [0.3, 0.4) is 0 Å². The fourth-order valence-electron chi connectivity index (χ4n) is 3.71. The summed E-state index contributed by atoms with van der Waals surface area (Å²) >= 11 is 0. The van der Waals surface area contributed by atoms with Crippen LogP contribution in [0.4, 0.5) is 26.3 Å².